The average molecular weight is 237 g/mol. The number of hydrogen-bond acceptors (Lipinski definition) is 2. The van der Waals surface area contributed by atoms with Gasteiger partial charge in [-0.25, -0.2) is 0 Å². The Morgan fingerprint density at radius 1 is 1.18 bits per heavy atom. The Hall–Kier alpha value is -0.990. The Bertz CT molecular complexity index is 364. The third-order valence-electron chi connectivity index (χ3n) is 3.39. The fraction of sp³-hybridized carbons (Fsp3) is 0.786. The van der Waals surface area contributed by atoms with E-state index >= 15 is 0 Å². The van der Waals surface area contributed by atoms with Crippen molar-refractivity contribution in [3.63, 3.8) is 0 Å². The molecular formula is C14H27N3. The van der Waals surface area contributed by atoms with Crippen molar-refractivity contribution in [2.45, 2.75) is 67.0 Å². The molecule has 1 aromatic heterocycles. The van der Waals surface area contributed by atoms with Crippen molar-refractivity contribution < 1.29 is 0 Å². The van der Waals surface area contributed by atoms with Crippen LogP contribution in [0.5, 0.6) is 0 Å². The van der Waals surface area contributed by atoms with E-state index in [4.69, 9.17) is 0 Å². The van der Waals surface area contributed by atoms with Gasteiger partial charge in [-0.2, -0.15) is 5.10 Å². The maximum atomic E-state index is 4.61. The van der Waals surface area contributed by atoms with E-state index in [0.29, 0.717) is 18.0 Å². The van der Waals surface area contributed by atoms with E-state index in [9.17, 15) is 0 Å². The van der Waals surface area contributed by atoms with E-state index in [-0.39, 0.29) is 0 Å². The molecule has 1 N–H and O–H groups in total. The highest BCUT2D eigenvalue weighted by Gasteiger charge is 2.17. The lowest BCUT2D eigenvalue weighted by molar-refractivity contribution is 0.507. The van der Waals surface area contributed by atoms with Crippen LogP contribution in [0.1, 0.15) is 58.5 Å². The first-order valence-electron chi connectivity index (χ1n) is 6.70. The zero-order valence-electron chi connectivity index (χ0n) is 12.3. The molecule has 1 aromatic rings. The molecule has 0 fully saturated rings. The summed E-state index contributed by atoms with van der Waals surface area (Å²) in [6, 6.07) is 0.945. The van der Waals surface area contributed by atoms with Crippen LogP contribution in [0.4, 0.5) is 5.69 Å². The molecular weight excluding hydrogens is 210 g/mol. The minimum Gasteiger partial charge on any atom is -0.379 e. The average Bonchev–Trinajstić information content (AvgIpc) is 2.51. The maximum Gasteiger partial charge on any atom is 0.0828 e. The van der Waals surface area contributed by atoms with E-state index in [0.717, 1.165) is 12.1 Å². The summed E-state index contributed by atoms with van der Waals surface area (Å²) in [5.41, 5.74) is 3.58. The van der Waals surface area contributed by atoms with E-state index < -0.39 is 0 Å². The molecule has 1 unspecified atom stereocenters. The van der Waals surface area contributed by atoms with E-state index in [1.807, 2.05) is 0 Å². The van der Waals surface area contributed by atoms with Crippen LogP contribution in [-0.4, -0.2) is 15.8 Å². The molecule has 1 atom stereocenters. The summed E-state index contributed by atoms with van der Waals surface area (Å²) in [7, 11) is 0. The molecule has 1 rings (SSSR count). The van der Waals surface area contributed by atoms with Gasteiger partial charge in [-0.15, -0.1) is 0 Å². The Morgan fingerprint density at radius 3 is 2.12 bits per heavy atom. The lowest BCUT2D eigenvalue weighted by atomic mass is 10.0. The Balaban J connectivity index is 2.98. The SMILES string of the molecule is CCC(Nc1c(C)nn(C(C)C)c1C)C(C)C. The molecule has 17 heavy (non-hydrogen) atoms. The molecule has 0 aliphatic rings. The molecule has 0 spiro atoms. The van der Waals surface area contributed by atoms with Gasteiger partial charge < -0.3 is 5.32 Å². The monoisotopic (exact) mass is 237 g/mol. The second-order valence-corrected chi connectivity index (χ2v) is 5.49. The summed E-state index contributed by atoms with van der Waals surface area (Å²) in [4.78, 5) is 0. The summed E-state index contributed by atoms with van der Waals surface area (Å²) in [6.07, 6.45) is 1.14. The van der Waals surface area contributed by atoms with Gasteiger partial charge >= 0.3 is 0 Å². The first-order chi connectivity index (χ1) is 7.88. The topological polar surface area (TPSA) is 29.9 Å². The third kappa shape index (κ3) is 3.02. The summed E-state index contributed by atoms with van der Waals surface area (Å²) < 4.78 is 2.10. The minimum atomic E-state index is 0.420. The number of nitrogens with one attached hydrogen (secondary N) is 1. The summed E-state index contributed by atoms with van der Waals surface area (Å²) >= 11 is 0. The molecule has 0 radical (unpaired) electrons. The molecule has 0 saturated heterocycles. The maximum absolute atomic E-state index is 4.61. The van der Waals surface area contributed by atoms with Crippen molar-refractivity contribution >= 4 is 5.69 Å². The quantitative estimate of drug-likeness (QED) is 0.841. The van der Waals surface area contributed by atoms with Crippen molar-refractivity contribution in [3.8, 4) is 0 Å². The standard InChI is InChI=1S/C14H27N3/c1-8-13(9(2)3)15-14-11(6)16-17(10(4)5)12(14)7/h9-10,13,15H,8H2,1-7H3. The lowest BCUT2D eigenvalue weighted by Crippen LogP contribution is -2.25. The van der Waals surface area contributed by atoms with Gasteiger partial charge in [-0.1, -0.05) is 20.8 Å². The smallest absolute Gasteiger partial charge is 0.0828 e. The highest BCUT2D eigenvalue weighted by atomic mass is 15.3. The Labute approximate surface area is 106 Å². The second-order valence-electron chi connectivity index (χ2n) is 5.49. The van der Waals surface area contributed by atoms with E-state index in [2.05, 4.69) is 63.6 Å². The molecule has 1 heterocycles. The fourth-order valence-corrected chi connectivity index (χ4v) is 2.30. The van der Waals surface area contributed by atoms with Crippen LogP contribution in [0.2, 0.25) is 0 Å². The Kier molecular flexibility index (Phi) is 4.61. The number of aromatic nitrogens is 2. The largest absolute Gasteiger partial charge is 0.379 e. The molecule has 3 heteroatoms. The number of hydrogen-bond donors (Lipinski definition) is 1. The molecule has 0 amide bonds. The lowest BCUT2D eigenvalue weighted by Gasteiger charge is -2.22. The van der Waals surface area contributed by atoms with Crippen LogP contribution in [0.25, 0.3) is 0 Å². The van der Waals surface area contributed by atoms with Crippen LogP contribution >= 0.6 is 0 Å². The number of nitrogens with zero attached hydrogens (tertiary/aromatic N) is 2. The highest BCUT2D eigenvalue weighted by Crippen LogP contribution is 2.25. The van der Waals surface area contributed by atoms with Gasteiger partial charge in [-0.05, 0) is 40.0 Å². The highest BCUT2D eigenvalue weighted by molar-refractivity contribution is 5.53. The van der Waals surface area contributed by atoms with Crippen molar-refractivity contribution in [2.24, 2.45) is 5.92 Å². The predicted octanol–water partition coefficient (Wildman–Crippen LogP) is 3.93. The third-order valence-corrected chi connectivity index (χ3v) is 3.39. The van der Waals surface area contributed by atoms with Gasteiger partial charge in [-0.3, -0.25) is 4.68 Å². The van der Waals surface area contributed by atoms with Gasteiger partial charge in [0.1, 0.15) is 0 Å². The van der Waals surface area contributed by atoms with Gasteiger partial charge in [0, 0.05) is 12.1 Å². The second kappa shape index (κ2) is 5.56. The normalized spacial score (nSPS) is 13.5. The molecule has 3 nitrogen and oxygen atoms in total. The van der Waals surface area contributed by atoms with Crippen molar-refractivity contribution in [1.82, 2.24) is 9.78 Å². The molecule has 0 aliphatic carbocycles. The van der Waals surface area contributed by atoms with Crippen molar-refractivity contribution in [2.75, 3.05) is 5.32 Å². The van der Waals surface area contributed by atoms with Gasteiger partial charge in [0.05, 0.1) is 17.1 Å². The summed E-state index contributed by atoms with van der Waals surface area (Å²) in [5, 5.41) is 8.27. The predicted molar refractivity (Wildman–Crippen MR) is 74.6 cm³/mol. The summed E-state index contributed by atoms with van der Waals surface area (Å²) in [6.45, 7) is 15.3. The van der Waals surface area contributed by atoms with E-state index in [1.165, 1.54) is 11.4 Å². The van der Waals surface area contributed by atoms with Crippen LogP contribution in [0.15, 0.2) is 0 Å². The molecule has 0 saturated carbocycles. The Morgan fingerprint density at radius 2 is 1.76 bits per heavy atom. The van der Waals surface area contributed by atoms with Crippen LogP contribution < -0.4 is 5.32 Å². The van der Waals surface area contributed by atoms with Crippen LogP contribution in [0.3, 0.4) is 0 Å². The van der Waals surface area contributed by atoms with Gasteiger partial charge in [0.25, 0.3) is 0 Å². The first kappa shape index (κ1) is 14.1. The van der Waals surface area contributed by atoms with Crippen molar-refractivity contribution in [1.29, 1.82) is 0 Å². The zero-order chi connectivity index (χ0) is 13.2. The van der Waals surface area contributed by atoms with E-state index in [1.54, 1.807) is 0 Å². The molecule has 0 aliphatic heterocycles. The van der Waals surface area contributed by atoms with Gasteiger partial charge in [0.2, 0.25) is 0 Å². The minimum absolute atomic E-state index is 0.420. The number of anilines is 1. The number of rotatable bonds is 5. The molecule has 98 valence electrons. The van der Waals surface area contributed by atoms with Crippen LogP contribution in [-0.2, 0) is 0 Å². The molecule has 0 bridgehead atoms. The van der Waals surface area contributed by atoms with Crippen molar-refractivity contribution in [3.05, 3.63) is 11.4 Å². The van der Waals surface area contributed by atoms with Gasteiger partial charge in [0.15, 0.2) is 0 Å². The fourth-order valence-electron chi connectivity index (χ4n) is 2.30. The number of aryl methyl sites for hydroxylation is 1. The van der Waals surface area contributed by atoms with Crippen LogP contribution in [0, 0.1) is 19.8 Å². The summed E-state index contributed by atoms with van der Waals surface area (Å²) in [5.74, 6) is 0.640. The zero-order valence-corrected chi connectivity index (χ0v) is 12.3. The molecule has 0 aromatic carbocycles. The first-order valence-corrected chi connectivity index (χ1v) is 6.70.